The Kier molecular flexibility index (Phi) is 8.29. The lowest BCUT2D eigenvalue weighted by molar-refractivity contribution is -0.384. The maximum Gasteiger partial charge on any atom is 0.269 e. The van der Waals surface area contributed by atoms with E-state index < -0.39 is 4.92 Å². The van der Waals surface area contributed by atoms with E-state index in [1.54, 1.807) is 24.3 Å². The molecule has 1 fully saturated rings. The first-order chi connectivity index (χ1) is 19.0. The van der Waals surface area contributed by atoms with Gasteiger partial charge >= 0.3 is 0 Å². The third-order valence-corrected chi connectivity index (χ3v) is 7.21. The SMILES string of the molecule is O=C(C[C@H](c1ccc([N+](=O)[O-])cc1)c1cn(Cc2ccc(F)cc2)c2ccccc12)NCCN1CCOCC1. The summed E-state index contributed by atoms with van der Waals surface area (Å²) in [6, 6.07) is 20.8. The molecule has 8 nitrogen and oxygen atoms in total. The number of amides is 1. The van der Waals surface area contributed by atoms with Crippen LogP contribution in [0.15, 0.2) is 79.0 Å². The third kappa shape index (κ3) is 6.50. The van der Waals surface area contributed by atoms with E-state index in [1.807, 2.05) is 30.5 Å². The number of non-ortho nitro benzene ring substituents is 1. The van der Waals surface area contributed by atoms with Crippen molar-refractivity contribution in [2.45, 2.75) is 18.9 Å². The second-order valence-electron chi connectivity index (χ2n) is 9.77. The molecule has 39 heavy (non-hydrogen) atoms. The molecule has 1 aromatic heterocycles. The predicted octanol–water partition coefficient (Wildman–Crippen LogP) is 4.71. The molecule has 4 aromatic rings. The summed E-state index contributed by atoms with van der Waals surface area (Å²) in [5, 5.41) is 15.3. The number of hydrogen-bond donors (Lipinski definition) is 1. The number of rotatable bonds is 10. The lowest BCUT2D eigenvalue weighted by Gasteiger charge is -2.26. The Bertz CT molecular complexity index is 1430. The Morgan fingerprint density at radius 1 is 1.03 bits per heavy atom. The van der Waals surface area contributed by atoms with Gasteiger partial charge in [0.05, 0.1) is 18.1 Å². The second kappa shape index (κ2) is 12.2. The molecule has 1 N–H and O–H groups in total. The van der Waals surface area contributed by atoms with Gasteiger partial charge in [-0.2, -0.15) is 0 Å². The predicted molar refractivity (Wildman–Crippen MR) is 147 cm³/mol. The molecule has 202 valence electrons. The Labute approximate surface area is 226 Å². The third-order valence-electron chi connectivity index (χ3n) is 7.21. The maximum absolute atomic E-state index is 13.5. The van der Waals surface area contributed by atoms with Crippen molar-refractivity contribution >= 4 is 22.5 Å². The van der Waals surface area contributed by atoms with Crippen LogP contribution in [0.25, 0.3) is 10.9 Å². The molecule has 0 saturated carbocycles. The Balaban J connectivity index is 1.43. The van der Waals surface area contributed by atoms with E-state index in [4.69, 9.17) is 4.74 Å². The van der Waals surface area contributed by atoms with Crippen LogP contribution in [0.5, 0.6) is 0 Å². The first-order valence-corrected chi connectivity index (χ1v) is 13.1. The van der Waals surface area contributed by atoms with E-state index in [0.717, 1.165) is 47.2 Å². The minimum Gasteiger partial charge on any atom is -0.379 e. The van der Waals surface area contributed by atoms with Crippen LogP contribution in [0.2, 0.25) is 0 Å². The fourth-order valence-electron chi connectivity index (χ4n) is 5.14. The number of halogens is 1. The van der Waals surface area contributed by atoms with E-state index in [1.165, 1.54) is 24.3 Å². The average molecular weight is 531 g/mol. The minimum atomic E-state index is -0.425. The smallest absolute Gasteiger partial charge is 0.269 e. The number of fused-ring (bicyclic) bond motifs is 1. The number of morpholine rings is 1. The van der Waals surface area contributed by atoms with Crippen molar-refractivity contribution in [2.75, 3.05) is 39.4 Å². The van der Waals surface area contributed by atoms with Gasteiger partial charge in [-0.1, -0.05) is 42.5 Å². The monoisotopic (exact) mass is 530 g/mol. The number of nitro groups is 1. The lowest BCUT2D eigenvalue weighted by Crippen LogP contribution is -2.41. The fraction of sp³-hybridized carbons (Fsp3) is 0.300. The van der Waals surface area contributed by atoms with Gasteiger partial charge in [-0.05, 0) is 34.9 Å². The quantitative estimate of drug-likeness (QED) is 0.237. The summed E-state index contributed by atoms with van der Waals surface area (Å²) in [5.74, 6) is -0.676. The number of nitro benzene ring substituents is 1. The van der Waals surface area contributed by atoms with Gasteiger partial charge in [0.25, 0.3) is 5.69 Å². The van der Waals surface area contributed by atoms with Crippen LogP contribution in [-0.4, -0.2) is 59.7 Å². The molecule has 1 saturated heterocycles. The summed E-state index contributed by atoms with van der Waals surface area (Å²) >= 11 is 0. The summed E-state index contributed by atoms with van der Waals surface area (Å²) < 4.78 is 21.0. The second-order valence-corrected chi connectivity index (χ2v) is 9.77. The zero-order valence-corrected chi connectivity index (χ0v) is 21.6. The molecule has 0 radical (unpaired) electrons. The maximum atomic E-state index is 13.5. The molecule has 0 unspecified atom stereocenters. The molecule has 2 heterocycles. The summed E-state index contributed by atoms with van der Waals surface area (Å²) in [4.78, 5) is 26.3. The van der Waals surface area contributed by atoms with E-state index in [-0.39, 0.29) is 29.8 Å². The molecule has 9 heteroatoms. The normalized spacial score (nSPS) is 14.8. The molecular weight excluding hydrogens is 499 g/mol. The molecule has 0 spiro atoms. The Morgan fingerprint density at radius 3 is 2.46 bits per heavy atom. The molecule has 3 aromatic carbocycles. The standard InChI is InChI=1S/C30H31FN4O4/c31-24-9-5-22(6-10-24)20-34-21-28(26-3-1-2-4-29(26)34)27(23-7-11-25(12-8-23)35(37)38)19-30(36)32-13-14-33-15-17-39-18-16-33/h1-12,21,27H,13-20H2,(H,32,36)/t27-/m1/s1. The summed E-state index contributed by atoms with van der Waals surface area (Å²) in [5.41, 5.74) is 3.75. The van der Waals surface area contributed by atoms with Crippen LogP contribution in [-0.2, 0) is 16.1 Å². The van der Waals surface area contributed by atoms with Gasteiger partial charge < -0.3 is 14.6 Å². The molecular formula is C30H31FN4O4. The highest BCUT2D eigenvalue weighted by Gasteiger charge is 2.24. The van der Waals surface area contributed by atoms with E-state index in [0.29, 0.717) is 26.3 Å². The highest BCUT2D eigenvalue weighted by atomic mass is 19.1. The van der Waals surface area contributed by atoms with Crippen LogP contribution in [0, 0.1) is 15.9 Å². The Hall–Kier alpha value is -4.08. The highest BCUT2D eigenvalue weighted by Crippen LogP contribution is 2.35. The number of ether oxygens (including phenoxy) is 1. The van der Waals surface area contributed by atoms with Crippen molar-refractivity contribution in [3.63, 3.8) is 0 Å². The van der Waals surface area contributed by atoms with Crippen molar-refractivity contribution in [1.29, 1.82) is 0 Å². The van der Waals surface area contributed by atoms with Crippen LogP contribution >= 0.6 is 0 Å². The zero-order valence-electron chi connectivity index (χ0n) is 21.6. The van der Waals surface area contributed by atoms with Gasteiger partial charge in [-0.25, -0.2) is 4.39 Å². The van der Waals surface area contributed by atoms with Crippen molar-refractivity contribution in [2.24, 2.45) is 0 Å². The lowest BCUT2D eigenvalue weighted by atomic mass is 9.88. The van der Waals surface area contributed by atoms with Gasteiger partial charge in [-0.3, -0.25) is 19.8 Å². The van der Waals surface area contributed by atoms with Crippen LogP contribution in [0.1, 0.15) is 29.0 Å². The van der Waals surface area contributed by atoms with Crippen LogP contribution in [0.4, 0.5) is 10.1 Å². The van der Waals surface area contributed by atoms with Gasteiger partial charge in [0.1, 0.15) is 5.82 Å². The van der Waals surface area contributed by atoms with E-state index >= 15 is 0 Å². The Morgan fingerprint density at radius 2 is 1.74 bits per heavy atom. The van der Waals surface area contributed by atoms with Gasteiger partial charge in [0.15, 0.2) is 0 Å². The fourth-order valence-corrected chi connectivity index (χ4v) is 5.14. The summed E-state index contributed by atoms with van der Waals surface area (Å²) in [7, 11) is 0. The van der Waals surface area contributed by atoms with E-state index in [9.17, 15) is 19.3 Å². The molecule has 1 aliphatic rings. The number of aromatic nitrogens is 1. The number of para-hydroxylation sites is 1. The van der Waals surface area contributed by atoms with Crippen molar-refractivity contribution in [3.8, 4) is 0 Å². The van der Waals surface area contributed by atoms with E-state index in [2.05, 4.69) is 14.8 Å². The molecule has 0 aliphatic carbocycles. The number of nitrogens with one attached hydrogen (secondary N) is 1. The average Bonchev–Trinajstić information content (AvgIpc) is 3.31. The zero-order chi connectivity index (χ0) is 27.2. The molecule has 1 atom stereocenters. The summed E-state index contributed by atoms with van der Waals surface area (Å²) in [6.45, 7) is 4.96. The molecule has 0 bridgehead atoms. The highest BCUT2D eigenvalue weighted by molar-refractivity contribution is 5.86. The number of nitrogens with zero attached hydrogens (tertiary/aromatic N) is 3. The topological polar surface area (TPSA) is 89.6 Å². The molecule has 1 aliphatic heterocycles. The van der Waals surface area contributed by atoms with Crippen molar-refractivity contribution in [3.05, 3.63) is 112 Å². The number of hydrogen-bond acceptors (Lipinski definition) is 5. The van der Waals surface area contributed by atoms with Crippen LogP contribution in [0.3, 0.4) is 0 Å². The van der Waals surface area contributed by atoms with Gasteiger partial charge in [-0.15, -0.1) is 0 Å². The van der Waals surface area contributed by atoms with Crippen LogP contribution < -0.4 is 5.32 Å². The summed E-state index contributed by atoms with van der Waals surface area (Å²) in [6.07, 6.45) is 2.24. The van der Waals surface area contributed by atoms with Gasteiger partial charge in [0.2, 0.25) is 5.91 Å². The van der Waals surface area contributed by atoms with Crippen molar-refractivity contribution < 1.29 is 18.8 Å². The minimum absolute atomic E-state index is 0.00574. The number of carbonyl (C=O) groups excluding carboxylic acids is 1. The first-order valence-electron chi connectivity index (χ1n) is 13.1. The number of benzene rings is 3. The van der Waals surface area contributed by atoms with Crippen molar-refractivity contribution in [1.82, 2.24) is 14.8 Å². The molecule has 1 amide bonds. The number of carbonyl (C=O) groups is 1. The van der Waals surface area contributed by atoms with Gasteiger partial charge in [0, 0.05) is 74.3 Å². The first kappa shape index (κ1) is 26.5. The largest absolute Gasteiger partial charge is 0.379 e. The molecule has 5 rings (SSSR count).